The second-order valence-corrected chi connectivity index (χ2v) is 12.9. The van der Waals surface area contributed by atoms with Gasteiger partial charge < -0.3 is 4.42 Å². The summed E-state index contributed by atoms with van der Waals surface area (Å²) in [6, 6.07) is 16.4. The predicted octanol–water partition coefficient (Wildman–Crippen LogP) is 5.79. The molecule has 1 amide bonds. The van der Waals surface area contributed by atoms with E-state index >= 15 is 0 Å². The first-order valence-corrected chi connectivity index (χ1v) is 15.5. The van der Waals surface area contributed by atoms with Crippen LogP contribution in [0.5, 0.6) is 0 Å². The highest BCUT2D eigenvalue weighted by molar-refractivity contribution is 7.89. The lowest BCUT2D eigenvalue weighted by molar-refractivity contribution is 0.0987. The van der Waals surface area contributed by atoms with Gasteiger partial charge in [0.05, 0.1) is 32.3 Å². The number of anilines is 1. The molecule has 0 N–H and O–H groups in total. The SMILES string of the molecule is CC1CCCCN1S(=O)(=O)c1ccc(C(=O)N(/N=C/c2coc3ccccc3c2=O)c2nc3ccc(F)cc3s2)cc1. The number of carbonyl (C=O) groups is 1. The average Bonchev–Trinajstić information content (AvgIpc) is 3.41. The van der Waals surface area contributed by atoms with E-state index in [1.165, 1.54) is 59.2 Å². The zero-order valence-electron chi connectivity index (χ0n) is 22.4. The summed E-state index contributed by atoms with van der Waals surface area (Å²) in [4.78, 5) is 31.3. The highest BCUT2D eigenvalue weighted by atomic mass is 32.2. The molecular formula is C30H25FN4O5S2. The molecule has 1 atom stereocenters. The summed E-state index contributed by atoms with van der Waals surface area (Å²) in [6.45, 7) is 2.35. The number of nitrogens with zero attached hydrogens (tertiary/aromatic N) is 4. The maximum Gasteiger partial charge on any atom is 0.280 e. The molecule has 0 radical (unpaired) electrons. The van der Waals surface area contributed by atoms with Crippen molar-refractivity contribution in [3.05, 3.63) is 100 Å². The van der Waals surface area contributed by atoms with Crippen LogP contribution in [-0.4, -0.2) is 42.4 Å². The van der Waals surface area contributed by atoms with E-state index in [4.69, 9.17) is 4.42 Å². The van der Waals surface area contributed by atoms with Crippen molar-refractivity contribution >= 4 is 59.8 Å². The van der Waals surface area contributed by atoms with E-state index < -0.39 is 21.7 Å². The smallest absolute Gasteiger partial charge is 0.280 e. The second kappa shape index (κ2) is 11.2. The first-order valence-electron chi connectivity index (χ1n) is 13.3. The molecule has 1 fully saturated rings. The van der Waals surface area contributed by atoms with Crippen molar-refractivity contribution in [3.8, 4) is 0 Å². The number of rotatable bonds is 6. The number of thiazole rings is 1. The fourth-order valence-corrected chi connectivity index (χ4v) is 7.57. The number of hydrogen-bond acceptors (Lipinski definition) is 8. The quantitative estimate of drug-likeness (QED) is 0.179. The minimum atomic E-state index is -3.73. The van der Waals surface area contributed by atoms with E-state index in [1.807, 2.05) is 6.92 Å². The van der Waals surface area contributed by atoms with Gasteiger partial charge in [-0.3, -0.25) is 9.59 Å². The fourth-order valence-electron chi connectivity index (χ4n) is 4.92. The summed E-state index contributed by atoms with van der Waals surface area (Å²) in [6.07, 6.45) is 5.04. The van der Waals surface area contributed by atoms with E-state index in [2.05, 4.69) is 10.1 Å². The lowest BCUT2D eigenvalue weighted by Gasteiger charge is -2.32. The number of amides is 1. The van der Waals surface area contributed by atoms with E-state index in [0.29, 0.717) is 27.7 Å². The van der Waals surface area contributed by atoms with Crippen molar-refractivity contribution in [1.29, 1.82) is 0 Å². The van der Waals surface area contributed by atoms with E-state index in [9.17, 15) is 22.4 Å². The molecule has 5 aromatic rings. The molecule has 2 aromatic heterocycles. The van der Waals surface area contributed by atoms with Crippen LogP contribution in [0.1, 0.15) is 42.1 Å². The molecule has 6 rings (SSSR count). The van der Waals surface area contributed by atoms with Gasteiger partial charge in [0.2, 0.25) is 20.6 Å². The summed E-state index contributed by atoms with van der Waals surface area (Å²) in [7, 11) is -3.73. The summed E-state index contributed by atoms with van der Waals surface area (Å²) in [5, 5.41) is 5.81. The molecular weight excluding hydrogens is 579 g/mol. The highest BCUT2D eigenvalue weighted by Crippen LogP contribution is 2.31. The number of fused-ring (bicyclic) bond motifs is 2. The molecule has 42 heavy (non-hydrogen) atoms. The maximum atomic E-state index is 13.9. The Balaban J connectivity index is 1.37. The molecule has 1 aliphatic heterocycles. The number of hydrogen-bond donors (Lipinski definition) is 0. The van der Waals surface area contributed by atoms with E-state index in [0.717, 1.165) is 35.6 Å². The van der Waals surface area contributed by atoms with Gasteiger partial charge in [-0.1, -0.05) is 29.9 Å². The number of aromatic nitrogens is 1. The first-order chi connectivity index (χ1) is 20.2. The molecule has 9 nitrogen and oxygen atoms in total. The molecule has 3 aromatic carbocycles. The molecule has 1 saturated heterocycles. The molecule has 1 aliphatic rings. The average molecular weight is 605 g/mol. The van der Waals surface area contributed by atoms with Gasteiger partial charge in [0.1, 0.15) is 17.7 Å². The van der Waals surface area contributed by atoms with Crippen LogP contribution >= 0.6 is 11.3 Å². The van der Waals surface area contributed by atoms with Crippen LogP contribution in [0, 0.1) is 5.82 Å². The normalized spacial score (nSPS) is 16.4. The van der Waals surface area contributed by atoms with Gasteiger partial charge >= 0.3 is 0 Å². The van der Waals surface area contributed by atoms with Crippen molar-refractivity contribution in [2.45, 2.75) is 37.1 Å². The second-order valence-electron chi connectivity index (χ2n) is 9.97. The van der Waals surface area contributed by atoms with E-state index in [1.54, 1.807) is 24.3 Å². The Morgan fingerprint density at radius 1 is 1.14 bits per heavy atom. The van der Waals surface area contributed by atoms with Gasteiger partial charge in [-0.05, 0) is 74.4 Å². The third kappa shape index (κ3) is 5.24. The number of hydrazone groups is 1. The number of piperidine rings is 1. The zero-order chi connectivity index (χ0) is 29.4. The summed E-state index contributed by atoms with van der Waals surface area (Å²) >= 11 is 1.05. The Hall–Kier alpha value is -4.26. The Kier molecular flexibility index (Phi) is 7.43. The van der Waals surface area contributed by atoms with E-state index in [-0.39, 0.29) is 32.6 Å². The number of benzene rings is 3. The predicted molar refractivity (Wildman–Crippen MR) is 160 cm³/mol. The van der Waals surface area contributed by atoms with Crippen molar-refractivity contribution in [3.63, 3.8) is 0 Å². The van der Waals surface area contributed by atoms with Crippen molar-refractivity contribution in [2.24, 2.45) is 5.10 Å². The number of halogens is 1. The highest BCUT2D eigenvalue weighted by Gasteiger charge is 2.31. The number of sulfonamides is 1. The summed E-state index contributed by atoms with van der Waals surface area (Å²) < 4.78 is 48.0. The molecule has 214 valence electrons. The Bertz CT molecular complexity index is 2000. The minimum Gasteiger partial charge on any atom is -0.463 e. The van der Waals surface area contributed by atoms with Crippen molar-refractivity contribution < 1.29 is 22.0 Å². The van der Waals surface area contributed by atoms with Gasteiger partial charge in [0.15, 0.2) is 0 Å². The molecule has 1 unspecified atom stereocenters. The van der Waals surface area contributed by atoms with Crippen LogP contribution in [0.15, 0.2) is 92.2 Å². The van der Waals surface area contributed by atoms with Gasteiger partial charge in [0, 0.05) is 18.2 Å². The number of carbonyl (C=O) groups excluding carboxylic acids is 1. The third-order valence-electron chi connectivity index (χ3n) is 7.18. The first kappa shape index (κ1) is 27.9. The van der Waals surface area contributed by atoms with Gasteiger partial charge in [-0.25, -0.2) is 17.8 Å². The monoisotopic (exact) mass is 604 g/mol. The van der Waals surface area contributed by atoms with Gasteiger partial charge in [-0.15, -0.1) is 0 Å². The largest absolute Gasteiger partial charge is 0.463 e. The molecule has 0 bridgehead atoms. The Labute approximate surface area is 244 Å². The van der Waals surface area contributed by atoms with Crippen LogP contribution in [0.3, 0.4) is 0 Å². The van der Waals surface area contributed by atoms with Crippen LogP contribution in [0.25, 0.3) is 21.2 Å². The molecule has 0 saturated carbocycles. The maximum absolute atomic E-state index is 13.9. The summed E-state index contributed by atoms with van der Waals surface area (Å²) in [5.74, 6) is -1.07. The zero-order valence-corrected chi connectivity index (χ0v) is 24.1. The van der Waals surface area contributed by atoms with Crippen molar-refractivity contribution in [1.82, 2.24) is 9.29 Å². The third-order valence-corrected chi connectivity index (χ3v) is 10.2. The fraction of sp³-hybridized carbons (Fsp3) is 0.200. The molecule has 12 heteroatoms. The molecule has 0 spiro atoms. The van der Waals surface area contributed by atoms with Gasteiger partial charge in [0.25, 0.3) is 5.91 Å². The summed E-state index contributed by atoms with van der Waals surface area (Å²) in [5.41, 5.74) is 0.798. The molecule has 0 aliphatic carbocycles. The lowest BCUT2D eigenvalue weighted by Crippen LogP contribution is -2.41. The van der Waals surface area contributed by atoms with Crippen LogP contribution in [-0.2, 0) is 10.0 Å². The van der Waals surface area contributed by atoms with Crippen LogP contribution < -0.4 is 10.4 Å². The van der Waals surface area contributed by atoms with Crippen LogP contribution in [0.2, 0.25) is 0 Å². The minimum absolute atomic E-state index is 0.0899. The Morgan fingerprint density at radius 3 is 2.71 bits per heavy atom. The van der Waals surface area contributed by atoms with Crippen molar-refractivity contribution in [2.75, 3.05) is 11.6 Å². The number of para-hydroxylation sites is 1. The van der Waals surface area contributed by atoms with Crippen LogP contribution in [0.4, 0.5) is 9.52 Å². The topological polar surface area (TPSA) is 113 Å². The van der Waals surface area contributed by atoms with Gasteiger partial charge in [-0.2, -0.15) is 14.4 Å². The Morgan fingerprint density at radius 2 is 1.93 bits per heavy atom. The molecule has 3 heterocycles. The lowest BCUT2D eigenvalue weighted by atomic mass is 10.1. The standard InChI is InChI=1S/C30H25FN4O5S2/c1-19-6-4-5-15-34(19)42(38,39)23-12-9-20(10-13-23)29(37)35(30-33-25-14-11-22(31)16-27(25)41-30)32-17-21-18-40-26-8-3-2-7-24(26)28(21)36/h2-3,7-14,16-19H,4-6,15H2,1H3/b32-17+.